The van der Waals surface area contributed by atoms with Gasteiger partial charge in [-0.3, -0.25) is 9.59 Å². The molecule has 0 saturated heterocycles. The fourth-order valence-corrected chi connectivity index (χ4v) is 5.78. The van der Waals surface area contributed by atoms with Crippen molar-refractivity contribution in [3.63, 3.8) is 0 Å². The van der Waals surface area contributed by atoms with Crippen LogP contribution in [0.4, 0.5) is 0 Å². The zero-order valence-corrected chi connectivity index (χ0v) is 30.1. The van der Waals surface area contributed by atoms with E-state index in [0.29, 0.717) is 12.8 Å². The lowest BCUT2D eigenvalue weighted by molar-refractivity contribution is -0.161. The van der Waals surface area contributed by atoms with E-state index < -0.39 is 6.10 Å². The summed E-state index contributed by atoms with van der Waals surface area (Å²) < 4.78 is 10.6. The Labute approximate surface area is 280 Å². The van der Waals surface area contributed by atoms with E-state index in [2.05, 4.69) is 26.0 Å². The maximum absolute atomic E-state index is 12.1. The standard InChI is InChI=1S/C40H76O5/c1-3-5-7-9-11-13-15-17-19-20-21-23-24-26-28-30-32-34-39(42)44-37-38(36-41)45-40(43)35-33-31-29-27-25-22-18-16-14-12-10-8-6-4-2/h16,18,38,41H,3-15,17,19-37H2,1-2H3/b18-16-. The zero-order chi connectivity index (χ0) is 32.9. The van der Waals surface area contributed by atoms with Gasteiger partial charge < -0.3 is 14.6 Å². The minimum Gasteiger partial charge on any atom is -0.462 e. The first-order chi connectivity index (χ1) is 22.1. The van der Waals surface area contributed by atoms with Crippen LogP contribution in [0, 0.1) is 0 Å². The third kappa shape index (κ3) is 35.3. The van der Waals surface area contributed by atoms with Crippen molar-refractivity contribution in [2.24, 2.45) is 0 Å². The van der Waals surface area contributed by atoms with E-state index >= 15 is 0 Å². The Balaban J connectivity index is 3.52. The summed E-state index contributed by atoms with van der Waals surface area (Å²) in [4.78, 5) is 24.2. The van der Waals surface area contributed by atoms with Crippen molar-refractivity contribution in [3.8, 4) is 0 Å². The molecular formula is C40H76O5. The number of carbonyl (C=O) groups excluding carboxylic acids is 2. The molecule has 5 heteroatoms. The van der Waals surface area contributed by atoms with Crippen molar-refractivity contribution in [1.29, 1.82) is 0 Å². The second-order valence-corrected chi connectivity index (χ2v) is 13.4. The molecule has 1 N–H and O–H groups in total. The molecule has 0 rings (SSSR count). The molecule has 0 aliphatic carbocycles. The van der Waals surface area contributed by atoms with Gasteiger partial charge in [-0.25, -0.2) is 0 Å². The molecule has 0 heterocycles. The first-order valence-corrected chi connectivity index (χ1v) is 19.7. The van der Waals surface area contributed by atoms with Gasteiger partial charge in [0.1, 0.15) is 6.61 Å². The number of rotatable bonds is 36. The van der Waals surface area contributed by atoms with E-state index in [1.54, 1.807) is 0 Å². The highest BCUT2D eigenvalue weighted by Crippen LogP contribution is 2.15. The van der Waals surface area contributed by atoms with Gasteiger partial charge in [0.15, 0.2) is 6.10 Å². The Hall–Kier alpha value is -1.36. The summed E-state index contributed by atoms with van der Waals surface area (Å²) >= 11 is 0. The number of esters is 2. The molecule has 0 radical (unpaired) electrons. The number of carbonyl (C=O) groups is 2. The van der Waals surface area contributed by atoms with Gasteiger partial charge in [-0.05, 0) is 38.5 Å². The van der Waals surface area contributed by atoms with E-state index in [4.69, 9.17) is 9.47 Å². The van der Waals surface area contributed by atoms with Crippen LogP contribution in [0.5, 0.6) is 0 Å². The van der Waals surface area contributed by atoms with Crippen LogP contribution in [0.1, 0.15) is 213 Å². The van der Waals surface area contributed by atoms with E-state index in [1.165, 1.54) is 148 Å². The predicted molar refractivity (Wildman–Crippen MR) is 192 cm³/mol. The Bertz CT molecular complexity index is 647. The highest BCUT2D eigenvalue weighted by molar-refractivity contribution is 5.70. The van der Waals surface area contributed by atoms with Gasteiger partial charge in [-0.1, -0.05) is 174 Å². The summed E-state index contributed by atoms with van der Waals surface area (Å²) in [6.07, 6.45) is 41.3. The number of unbranched alkanes of at least 4 members (excludes halogenated alkanes) is 26. The van der Waals surface area contributed by atoms with E-state index in [0.717, 1.165) is 38.5 Å². The number of hydrogen-bond acceptors (Lipinski definition) is 5. The van der Waals surface area contributed by atoms with Crippen molar-refractivity contribution in [1.82, 2.24) is 0 Å². The maximum Gasteiger partial charge on any atom is 0.306 e. The lowest BCUT2D eigenvalue weighted by Gasteiger charge is -2.15. The van der Waals surface area contributed by atoms with Gasteiger partial charge in [-0.2, -0.15) is 0 Å². The largest absolute Gasteiger partial charge is 0.462 e. The van der Waals surface area contributed by atoms with Gasteiger partial charge >= 0.3 is 11.9 Å². The lowest BCUT2D eigenvalue weighted by atomic mass is 10.0. The molecule has 45 heavy (non-hydrogen) atoms. The fraction of sp³-hybridized carbons (Fsp3) is 0.900. The molecule has 0 aliphatic rings. The molecular weight excluding hydrogens is 560 g/mol. The number of aliphatic hydroxyl groups excluding tert-OH is 1. The van der Waals surface area contributed by atoms with Crippen molar-refractivity contribution in [2.75, 3.05) is 13.2 Å². The van der Waals surface area contributed by atoms with Gasteiger partial charge in [-0.15, -0.1) is 0 Å². The minimum atomic E-state index is -0.768. The van der Waals surface area contributed by atoms with Gasteiger partial charge in [0.05, 0.1) is 6.61 Å². The molecule has 0 spiro atoms. The molecule has 0 fully saturated rings. The van der Waals surface area contributed by atoms with Crippen LogP contribution in [0.25, 0.3) is 0 Å². The Kier molecular flexibility index (Phi) is 36.0. The topological polar surface area (TPSA) is 72.8 Å². The van der Waals surface area contributed by atoms with E-state index in [9.17, 15) is 14.7 Å². The van der Waals surface area contributed by atoms with Crippen molar-refractivity contribution in [3.05, 3.63) is 12.2 Å². The average Bonchev–Trinajstić information content (AvgIpc) is 3.04. The van der Waals surface area contributed by atoms with Crippen LogP contribution in [-0.2, 0) is 19.1 Å². The molecule has 1 atom stereocenters. The van der Waals surface area contributed by atoms with Gasteiger partial charge in [0.25, 0.3) is 0 Å². The monoisotopic (exact) mass is 637 g/mol. The Morgan fingerprint density at radius 1 is 0.489 bits per heavy atom. The van der Waals surface area contributed by atoms with Crippen LogP contribution in [0.15, 0.2) is 12.2 Å². The second kappa shape index (κ2) is 37.1. The number of aliphatic hydroxyl groups is 1. The first-order valence-electron chi connectivity index (χ1n) is 19.7. The van der Waals surface area contributed by atoms with Crippen molar-refractivity contribution < 1.29 is 24.2 Å². The SMILES string of the molecule is CCCCCCC/C=C\CCCCCCCC(=O)OC(CO)COC(=O)CCCCCCCCCCCCCCCCCCC. The highest BCUT2D eigenvalue weighted by Gasteiger charge is 2.16. The number of allylic oxidation sites excluding steroid dienone is 2. The minimum absolute atomic E-state index is 0.0632. The quantitative estimate of drug-likeness (QED) is 0.0421. The zero-order valence-electron chi connectivity index (χ0n) is 30.1. The molecule has 5 nitrogen and oxygen atoms in total. The smallest absolute Gasteiger partial charge is 0.306 e. The van der Waals surface area contributed by atoms with Crippen LogP contribution in [0.2, 0.25) is 0 Å². The molecule has 0 aliphatic heterocycles. The number of ether oxygens (including phenoxy) is 2. The molecule has 0 aromatic heterocycles. The summed E-state index contributed by atoms with van der Waals surface area (Å²) in [5.74, 6) is -0.590. The molecule has 1 unspecified atom stereocenters. The van der Waals surface area contributed by atoms with Crippen molar-refractivity contribution >= 4 is 11.9 Å². The summed E-state index contributed by atoms with van der Waals surface area (Å²) in [6, 6.07) is 0. The Morgan fingerprint density at radius 2 is 0.822 bits per heavy atom. The number of hydrogen-bond donors (Lipinski definition) is 1. The van der Waals surface area contributed by atoms with Gasteiger partial charge in [0.2, 0.25) is 0 Å². The summed E-state index contributed by atoms with van der Waals surface area (Å²) in [6.45, 7) is 4.14. The normalized spacial score (nSPS) is 12.2. The van der Waals surface area contributed by atoms with E-state index in [1.807, 2.05) is 0 Å². The highest BCUT2D eigenvalue weighted by atomic mass is 16.6. The van der Waals surface area contributed by atoms with Crippen LogP contribution >= 0.6 is 0 Å². The molecule has 0 bridgehead atoms. The van der Waals surface area contributed by atoms with Crippen LogP contribution < -0.4 is 0 Å². The third-order valence-corrected chi connectivity index (χ3v) is 8.81. The molecule has 266 valence electrons. The van der Waals surface area contributed by atoms with Gasteiger partial charge in [0, 0.05) is 12.8 Å². The first kappa shape index (κ1) is 43.6. The summed E-state index contributed by atoms with van der Waals surface area (Å²) in [5, 5.41) is 9.54. The maximum atomic E-state index is 12.1. The molecule has 0 saturated carbocycles. The van der Waals surface area contributed by atoms with Crippen LogP contribution in [0.3, 0.4) is 0 Å². The lowest BCUT2D eigenvalue weighted by Crippen LogP contribution is -2.28. The summed E-state index contributed by atoms with van der Waals surface area (Å²) in [7, 11) is 0. The van der Waals surface area contributed by atoms with Crippen LogP contribution in [-0.4, -0.2) is 36.4 Å². The fourth-order valence-electron chi connectivity index (χ4n) is 5.78. The molecule has 0 aromatic rings. The molecule has 0 amide bonds. The van der Waals surface area contributed by atoms with Crippen molar-refractivity contribution in [2.45, 2.75) is 219 Å². The third-order valence-electron chi connectivity index (χ3n) is 8.81. The average molecular weight is 637 g/mol. The summed E-state index contributed by atoms with van der Waals surface area (Å²) in [5.41, 5.74) is 0. The van der Waals surface area contributed by atoms with E-state index in [-0.39, 0.29) is 25.2 Å². The Morgan fingerprint density at radius 3 is 1.20 bits per heavy atom. The molecule has 0 aromatic carbocycles. The second-order valence-electron chi connectivity index (χ2n) is 13.4. The predicted octanol–water partition coefficient (Wildman–Crippen LogP) is 12.1.